The van der Waals surface area contributed by atoms with Crippen molar-refractivity contribution >= 4 is 27.0 Å². The molecule has 0 atom stereocenters. The van der Waals surface area contributed by atoms with Crippen molar-refractivity contribution in [3.05, 3.63) is 53.7 Å². The maximum Gasteiger partial charge on any atom is 0.407 e. The van der Waals surface area contributed by atoms with Gasteiger partial charge in [0, 0.05) is 32.1 Å². The number of aryl methyl sites for hydroxylation is 1. The molecule has 30 heavy (non-hydrogen) atoms. The molecule has 2 N–H and O–H groups in total. The van der Waals surface area contributed by atoms with Gasteiger partial charge in [0.15, 0.2) is 0 Å². The summed E-state index contributed by atoms with van der Waals surface area (Å²) < 4.78 is 27.4. The molecule has 0 aliphatic rings. The van der Waals surface area contributed by atoms with Crippen molar-refractivity contribution < 1.29 is 23.4 Å². The van der Waals surface area contributed by atoms with E-state index in [0.29, 0.717) is 23.1 Å². The Balaban J connectivity index is 1.98. The molecule has 10 heteroatoms. The van der Waals surface area contributed by atoms with Crippen molar-refractivity contribution in [3.8, 4) is 5.75 Å². The van der Waals surface area contributed by atoms with Gasteiger partial charge in [0.25, 0.3) is 10.0 Å². The highest BCUT2D eigenvalue weighted by molar-refractivity contribution is 7.90. The molecule has 160 valence electrons. The number of rotatable bonds is 7. The summed E-state index contributed by atoms with van der Waals surface area (Å²) in [6.45, 7) is 2.88. The van der Waals surface area contributed by atoms with Crippen LogP contribution >= 0.6 is 0 Å². The van der Waals surface area contributed by atoms with Crippen LogP contribution in [0.1, 0.15) is 11.3 Å². The molecule has 0 radical (unpaired) electrons. The molecule has 1 heterocycles. The summed E-state index contributed by atoms with van der Waals surface area (Å²) >= 11 is 0. The van der Waals surface area contributed by atoms with E-state index in [1.54, 1.807) is 19.2 Å². The first-order chi connectivity index (χ1) is 14.1. The first-order valence-corrected chi connectivity index (χ1v) is 10.7. The van der Waals surface area contributed by atoms with Crippen LogP contribution in [-0.4, -0.2) is 70.9 Å². The topological polar surface area (TPSA) is 116 Å². The van der Waals surface area contributed by atoms with E-state index in [2.05, 4.69) is 5.10 Å². The van der Waals surface area contributed by atoms with Crippen molar-refractivity contribution in [3.63, 3.8) is 0 Å². The van der Waals surface area contributed by atoms with Crippen molar-refractivity contribution in [2.45, 2.75) is 18.4 Å². The Bertz CT molecular complexity index is 1170. The fourth-order valence-electron chi connectivity index (χ4n) is 3.00. The van der Waals surface area contributed by atoms with E-state index < -0.39 is 16.1 Å². The second kappa shape index (κ2) is 8.33. The van der Waals surface area contributed by atoms with Crippen molar-refractivity contribution in [1.82, 2.24) is 19.0 Å². The summed E-state index contributed by atoms with van der Waals surface area (Å²) in [6, 6.07) is 10.9. The summed E-state index contributed by atoms with van der Waals surface area (Å²) in [4.78, 5) is 14.1. The number of carboxylic acid groups (broad SMARTS) is 1. The van der Waals surface area contributed by atoms with Gasteiger partial charge in [-0.3, -0.25) is 4.90 Å². The molecule has 0 fully saturated rings. The van der Waals surface area contributed by atoms with Gasteiger partial charge in [0.05, 0.1) is 16.1 Å². The zero-order valence-corrected chi connectivity index (χ0v) is 17.8. The van der Waals surface area contributed by atoms with Crippen LogP contribution < -0.4 is 0 Å². The quantitative estimate of drug-likeness (QED) is 0.589. The zero-order chi connectivity index (χ0) is 22.1. The molecule has 1 aromatic heterocycles. The van der Waals surface area contributed by atoms with Gasteiger partial charge in [-0.05, 0) is 44.3 Å². The number of nitrogens with zero attached hydrogens (tertiary/aromatic N) is 4. The fraction of sp³-hybridized carbons (Fsp3) is 0.300. The van der Waals surface area contributed by atoms with Crippen LogP contribution in [0.25, 0.3) is 10.9 Å². The van der Waals surface area contributed by atoms with E-state index in [1.807, 2.05) is 11.8 Å². The molecule has 1 amide bonds. The van der Waals surface area contributed by atoms with Crippen LogP contribution in [0.15, 0.2) is 47.4 Å². The van der Waals surface area contributed by atoms with Crippen molar-refractivity contribution in [2.75, 3.05) is 27.2 Å². The molecular formula is C20H24N4O5S. The third kappa shape index (κ3) is 4.39. The van der Waals surface area contributed by atoms with Crippen LogP contribution in [-0.2, 0) is 16.6 Å². The number of phenols is 1. The SMILES string of the molecule is Cc1ccc(S(=O)(=O)n2nc(CN(C)CCN(C)C(=O)O)c3cc(O)ccc32)cc1. The van der Waals surface area contributed by atoms with Gasteiger partial charge in [0.1, 0.15) is 5.75 Å². The van der Waals surface area contributed by atoms with E-state index in [0.717, 1.165) is 9.65 Å². The highest BCUT2D eigenvalue weighted by Gasteiger charge is 2.23. The normalized spacial score (nSPS) is 11.9. The van der Waals surface area contributed by atoms with Crippen LogP contribution in [0.2, 0.25) is 0 Å². The first kappa shape index (κ1) is 21.6. The van der Waals surface area contributed by atoms with Crippen LogP contribution in [0, 0.1) is 6.92 Å². The lowest BCUT2D eigenvalue weighted by atomic mass is 10.2. The van der Waals surface area contributed by atoms with Gasteiger partial charge in [0.2, 0.25) is 0 Å². The number of phenolic OH excluding ortho intramolecular Hbond substituents is 1. The number of aromatic hydroxyl groups is 1. The predicted molar refractivity (Wildman–Crippen MR) is 112 cm³/mol. The molecule has 0 aliphatic heterocycles. The number of fused-ring (bicyclic) bond motifs is 1. The predicted octanol–water partition coefficient (Wildman–Crippen LogP) is 2.33. The fourth-order valence-corrected chi connectivity index (χ4v) is 4.30. The largest absolute Gasteiger partial charge is 0.508 e. The standard InChI is InChI=1S/C20H24N4O5S/c1-14-4-7-16(8-5-14)30(28,29)24-19-9-6-15(25)12-17(19)18(21-24)13-22(2)10-11-23(3)20(26)27/h4-9,12,25H,10-11,13H2,1-3H3,(H,26,27). The van der Waals surface area contributed by atoms with Gasteiger partial charge in [-0.25, -0.2) is 4.79 Å². The summed E-state index contributed by atoms with van der Waals surface area (Å²) in [7, 11) is -0.659. The highest BCUT2D eigenvalue weighted by atomic mass is 32.2. The molecule has 0 spiro atoms. The van der Waals surface area contributed by atoms with E-state index in [4.69, 9.17) is 5.11 Å². The molecule has 0 saturated carbocycles. The minimum atomic E-state index is -3.93. The van der Waals surface area contributed by atoms with Gasteiger partial charge in [-0.15, -0.1) is 0 Å². The highest BCUT2D eigenvalue weighted by Crippen LogP contribution is 2.27. The molecule has 0 saturated heterocycles. The molecule has 3 aromatic rings. The average Bonchev–Trinajstić information content (AvgIpc) is 3.04. The second-order valence-electron chi connectivity index (χ2n) is 7.25. The molecule has 0 bridgehead atoms. The Morgan fingerprint density at radius 1 is 1.10 bits per heavy atom. The van der Waals surface area contributed by atoms with Gasteiger partial charge in [-0.1, -0.05) is 17.7 Å². The minimum absolute atomic E-state index is 0.00398. The lowest BCUT2D eigenvalue weighted by Gasteiger charge is -2.19. The summed E-state index contributed by atoms with van der Waals surface area (Å²) in [6.07, 6.45) is -1.02. The van der Waals surface area contributed by atoms with E-state index in [1.165, 1.54) is 42.3 Å². The molecule has 0 aliphatic carbocycles. The number of amides is 1. The van der Waals surface area contributed by atoms with Crippen LogP contribution in [0.4, 0.5) is 4.79 Å². The van der Waals surface area contributed by atoms with Gasteiger partial charge in [-0.2, -0.15) is 17.6 Å². The Hall–Kier alpha value is -3.11. The average molecular weight is 433 g/mol. The Morgan fingerprint density at radius 2 is 1.77 bits per heavy atom. The van der Waals surface area contributed by atoms with Gasteiger partial charge < -0.3 is 15.1 Å². The Labute approximate surface area is 174 Å². The number of carbonyl (C=O) groups is 1. The third-order valence-corrected chi connectivity index (χ3v) is 6.42. The van der Waals surface area contributed by atoms with E-state index in [9.17, 15) is 18.3 Å². The second-order valence-corrected chi connectivity index (χ2v) is 9.02. The maximum absolute atomic E-state index is 13.2. The van der Waals surface area contributed by atoms with Crippen molar-refractivity contribution in [2.24, 2.45) is 0 Å². The number of hydrogen-bond donors (Lipinski definition) is 2. The third-order valence-electron chi connectivity index (χ3n) is 4.82. The Kier molecular flexibility index (Phi) is 5.99. The Morgan fingerprint density at radius 3 is 2.40 bits per heavy atom. The number of aromatic nitrogens is 2. The molecule has 9 nitrogen and oxygen atoms in total. The van der Waals surface area contributed by atoms with Crippen LogP contribution in [0.3, 0.4) is 0 Å². The molecule has 2 aromatic carbocycles. The molecular weight excluding hydrogens is 408 g/mol. The molecule has 0 unspecified atom stereocenters. The van der Waals surface area contributed by atoms with Crippen LogP contribution in [0.5, 0.6) is 5.75 Å². The first-order valence-electron chi connectivity index (χ1n) is 9.25. The number of likely N-dealkylation sites (N-methyl/N-ethyl adjacent to an activating group) is 2. The summed E-state index contributed by atoms with van der Waals surface area (Å²) in [5.74, 6) is 0.00398. The lowest BCUT2D eigenvalue weighted by Crippen LogP contribution is -2.33. The van der Waals surface area contributed by atoms with E-state index in [-0.39, 0.29) is 23.7 Å². The smallest absolute Gasteiger partial charge is 0.407 e. The zero-order valence-electron chi connectivity index (χ0n) is 17.0. The monoisotopic (exact) mass is 432 g/mol. The van der Waals surface area contributed by atoms with Gasteiger partial charge >= 0.3 is 6.09 Å². The number of benzene rings is 2. The summed E-state index contributed by atoms with van der Waals surface area (Å²) in [5, 5.41) is 23.8. The van der Waals surface area contributed by atoms with Crippen molar-refractivity contribution in [1.29, 1.82) is 0 Å². The molecule has 3 rings (SSSR count). The number of hydrogen-bond acceptors (Lipinski definition) is 6. The van der Waals surface area contributed by atoms with E-state index >= 15 is 0 Å². The lowest BCUT2D eigenvalue weighted by molar-refractivity contribution is 0.150. The maximum atomic E-state index is 13.2. The summed E-state index contributed by atoms with van der Waals surface area (Å²) in [5.41, 5.74) is 1.77. The minimum Gasteiger partial charge on any atom is -0.508 e.